The molecule has 0 aliphatic carbocycles. The van der Waals surface area contributed by atoms with E-state index in [9.17, 15) is 29.7 Å². The summed E-state index contributed by atoms with van der Waals surface area (Å²) < 4.78 is 21.2. The van der Waals surface area contributed by atoms with Crippen LogP contribution in [0.3, 0.4) is 0 Å². The van der Waals surface area contributed by atoms with E-state index in [0.717, 1.165) is 16.7 Å². The molecule has 12 heteroatoms. The average molecular weight is 629 g/mol. The molecule has 0 saturated carbocycles. The molecule has 246 valence electrons. The molecule has 0 fully saturated rings. The lowest BCUT2D eigenvalue weighted by molar-refractivity contribution is -0.241. The number of ether oxygens (including phenoxy) is 4. The van der Waals surface area contributed by atoms with Crippen molar-refractivity contribution < 1.29 is 48.7 Å². The average Bonchev–Trinajstić information content (AvgIpc) is 3.04. The molecule has 0 heterocycles. The topological polar surface area (TPSA) is 173 Å². The van der Waals surface area contributed by atoms with Crippen molar-refractivity contribution in [3.8, 4) is 23.5 Å². The maximum Gasteiger partial charge on any atom is 0.364 e. The molecule has 0 aromatic heterocycles. The SMILES string of the molecule is C#CCOCCOCCO[C@@](CC[C@H](C[C@H](O)CCNC(=O)Cc1ccc(-c2ccccc2)cc1)NC(=O)CO)(OC)C(=O)O. The van der Waals surface area contributed by atoms with Crippen LogP contribution in [-0.4, -0.2) is 104 Å². The molecule has 2 amide bonds. The van der Waals surface area contributed by atoms with E-state index in [1.54, 1.807) is 0 Å². The fourth-order valence-corrected chi connectivity index (χ4v) is 4.51. The summed E-state index contributed by atoms with van der Waals surface area (Å²) in [4.78, 5) is 36.5. The van der Waals surface area contributed by atoms with Crippen molar-refractivity contribution in [2.45, 2.75) is 50.0 Å². The van der Waals surface area contributed by atoms with Gasteiger partial charge in [-0.2, -0.15) is 0 Å². The predicted octanol–water partition coefficient (Wildman–Crippen LogP) is 1.52. The second kappa shape index (κ2) is 21.0. The van der Waals surface area contributed by atoms with Gasteiger partial charge in [0.1, 0.15) is 13.2 Å². The van der Waals surface area contributed by atoms with Crippen LogP contribution < -0.4 is 10.6 Å². The van der Waals surface area contributed by atoms with E-state index >= 15 is 0 Å². The van der Waals surface area contributed by atoms with Crippen LogP contribution in [0, 0.1) is 12.3 Å². The highest BCUT2D eigenvalue weighted by Crippen LogP contribution is 2.23. The lowest BCUT2D eigenvalue weighted by Gasteiger charge is -2.30. The summed E-state index contributed by atoms with van der Waals surface area (Å²) >= 11 is 0. The number of methoxy groups -OCH3 is 1. The number of nitrogens with one attached hydrogen (secondary N) is 2. The van der Waals surface area contributed by atoms with Gasteiger partial charge in [-0.05, 0) is 36.0 Å². The van der Waals surface area contributed by atoms with E-state index in [2.05, 4.69) is 16.6 Å². The molecule has 0 unspecified atom stereocenters. The fraction of sp³-hybridized carbons (Fsp3) is 0.485. The van der Waals surface area contributed by atoms with Crippen LogP contribution in [0.15, 0.2) is 54.6 Å². The van der Waals surface area contributed by atoms with Crippen molar-refractivity contribution in [2.24, 2.45) is 0 Å². The van der Waals surface area contributed by atoms with E-state index in [1.165, 1.54) is 7.11 Å². The molecular weight excluding hydrogens is 584 g/mol. The summed E-state index contributed by atoms with van der Waals surface area (Å²) in [7, 11) is 1.19. The smallest absolute Gasteiger partial charge is 0.364 e. The zero-order chi connectivity index (χ0) is 32.9. The Balaban J connectivity index is 1.82. The Bertz CT molecular complexity index is 1200. The number of carboxylic acid groups (broad SMARTS) is 1. The van der Waals surface area contributed by atoms with Crippen LogP contribution in [0.4, 0.5) is 0 Å². The molecule has 0 radical (unpaired) electrons. The minimum Gasteiger partial charge on any atom is -0.477 e. The molecule has 0 aliphatic heterocycles. The van der Waals surface area contributed by atoms with E-state index in [-0.39, 0.29) is 77.6 Å². The van der Waals surface area contributed by atoms with Gasteiger partial charge in [0.2, 0.25) is 11.8 Å². The van der Waals surface area contributed by atoms with Gasteiger partial charge in [-0.15, -0.1) is 6.42 Å². The Morgan fingerprint density at radius 1 is 0.933 bits per heavy atom. The van der Waals surface area contributed by atoms with Crippen molar-refractivity contribution >= 4 is 17.8 Å². The van der Waals surface area contributed by atoms with Gasteiger partial charge < -0.3 is 44.9 Å². The van der Waals surface area contributed by atoms with E-state index in [1.807, 2.05) is 54.6 Å². The number of benzene rings is 2. The number of aliphatic carboxylic acids is 1. The lowest BCUT2D eigenvalue weighted by Crippen LogP contribution is -2.47. The number of amides is 2. The molecule has 3 atom stereocenters. The van der Waals surface area contributed by atoms with Gasteiger partial charge in [0.05, 0.1) is 39.0 Å². The molecule has 5 N–H and O–H groups in total. The molecule has 0 saturated heterocycles. The van der Waals surface area contributed by atoms with Gasteiger partial charge in [0.25, 0.3) is 5.79 Å². The number of carbonyl (C=O) groups excluding carboxylic acids is 2. The third-order valence-corrected chi connectivity index (χ3v) is 6.89. The Labute approximate surface area is 264 Å². The maximum absolute atomic E-state index is 12.5. The van der Waals surface area contributed by atoms with Crippen LogP contribution in [0.1, 0.15) is 31.2 Å². The minimum absolute atomic E-state index is 0.0444. The molecule has 0 bridgehead atoms. The minimum atomic E-state index is -2.02. The monoisotopic (exact) mass is 628 g/mol. The number of carboxylic acids is 1. The van der Waals surface area contributed by atoms with Crippen LogP contribution in [0.2, 0.25) is 0 Å². The van der Waals surface area contributed by atoms with Crippen molar-refractivity contribution in [1.29, 1.82) is 0 Å². The number of hydrogen-bond donors (Lipinski definition) is 5. The quantitative estimate of drug-likeness (QED) is 0.0690. The molecule has 2 rings (SSSR count). The molecule has 12 nitrogen and oxygen atoms in total. The number of aliphatic hydroxyl groups excluding tert-OH is 2. The summed E-state index contributed by atoms with van der Waals surface area (Å²) in [6.07, 6.45) is 4.45. The van der Waals surface area contributed by atoms with Crippen molar-refractivity contribution in [3.63, 3.8) is 0 Å². The van der Waals surface area contributed by atoms with Crippen molar-refractivity contribution in [3.05, 3.63) is 60.2 Å². The van der Waals surface area contributed by atoms with Crippen LogP contribution in [0.5, 0.6) is 0 Å². The Hall–Kier alpha value is -3.83. The Morgan fingerprint density at radius 3 is 2.24 bits per heavy atom. The summed E-state index contributed by atoms with van der Waals surface area (Å²) in [6, 6.07) is 16.9. The predicted molar refractivity (Wildman–Crippen MR) is 166 cm³/mol. The first-order valence-electron chi connectivity index (χ1n) is 14.7. The zero-order valence-electron chi connectivity index (χ0n) is 25.6. The third-order valence-electron chi connectivity index (χ3n) is 6.89. The molecular formula is C33H44N2O10. The van der Waals surface area contributed by atoms with Gasteiger partial charge in [0, 0.05) is 26.1 Å². The molecule has 0 aliphatic rings. The largest absolute Gasteiger partial charge is 0.477 e. The normalized spacial score (nSPS) is 13.6. The molecule has 45 heavy (non-hydrogen) atoms. The van der Waals surface area contributed by atoms with Crippen LogP contribution in [0.25, 0.3) is 11.1 Å². The zero-order valence-corrected chi connectivity index (χ0v) is 25.6. The number of rotatable bonds is 23. The Morgan fingerprint density at radius 2 is 1.60 bits per heavy atom. The number of terminal acetylenes is 1. The molecule has 0 spiro atoms. The first-order chi connectivity index (χ1) is 21.7. The highest BCUT2D eigenvalue weighted by Gasteiger charge is 2.40. The number of hydrogen-bond acceptors (Lipinski definition) is 9. The summed E-state index contributed by atoms with van der Waals surface area (Å²) in [5, 5.41) is 35.1. The van der Waals surface area contributed by atoms with Gasteiger partial charge in [-0.3, -0.25) is 9.59 Å². The summed E-state index contributed by atoms with van der Waals surface area (Å²) in [6.45, 7) is 0.0779. The van der Waals surface area contributed by atoms with Gasteiger partial charge in [0.15, 0.2) is 0 Å². The fourth-order valence-electron chi connectivity index (χ4n) is 4.51. The summed E-state index contributed by atoms with van der Waals surface area (Å²) in [5.74, 6) is -1.94. The first-order valence-corrected chi connectivity index (χ1v) is 14.7. The highest BCUT2D eigenvalue weighted by molar-refractivity contribution is 5.79. The van der Waals surface area contributed by atoms with E-state index in [0.29, 0.717) is 0 Å². The van der Waals surface area contributed by atoms with Gasteiger partial charge >= 0.3 is 5.97 Å². The lowest BCUT2D eigenvalue weighted by atomic mass is 9.98. The second-order valence-corrected chi connectivity index (χ2v) is 10.2. The van der Waals surface area contributed by atoms with Crippen molar-refractivity contribution in [1.82, 2.24) is 10.6 Å². The third kappa shape index (κ3) is 14.2. The molecule has 2 aromatic carbocycles. The van der Waals surface area contributed by atoms with E-state index < -0.39 is 36.4 Å². The number of carbonyl (C=O) groups is 3. The highest BCUT2D eigenvalue weighted by atomic mass is 16.7. The standard InChI is InChI=1S/C33H44N2O10/c1-3-17-43-18-19-44-20-21-45-33(42-2,32(40)41)15-13-28(35-31(39)24-36)23-29(37)14-16-34-30(38)22-25-9-11-27(12-10-25)26-7-5-4-6-8-26/h1,4-12,28-29,36-37H,13-24H2,2H3,(H,34,38)(H,35,39)(H,40,41)/t28-,29-,33-/m1/s1. The van der Waals surface area contributed by atoms with Crippen LogP contribution >= 0.6 is 0 Å². The first kappa shape index (κ1) is 37.4. The van der Waals surface area contributed by atoms with Crippen LogP contribution in [-0.2, 0) is 39.8 Å². The van der Waals surface area contributed by atoms with Gasteiger partial charge in [-0.1, -0.05) is 60.5 Å². The van der Waals surface area contributed by atoms with E-state index in [4.69, 9.17) is 25.4 Å². The number of aliphatic hydroxyl groups is 2. The van der Waals surface area contributed by atoms with Gasteiger partial charge in [-0.25, -0.2) is 4.79 Å². The Kier molecular flexibility index (Phi) is 17.4. The second-order valence-electron chi connectivity index (χ2n) is 10.2. The maximum atomic E-state index is 12.5. The summed E-state index contributed by atoms with van der Waals surface area (Å²) in [5.41, 5.74) is 2.99. The van der Waals surface area contributed by atoms with Crippen molar-refractivity contribution in [2.75, 3.05) is 53.3 Å². The molecule has 2 aromatic rings.